The SMILES string of the molecule is CCN(CC)c1ccc(NC(=O)[C@@H]2[C@H]3C=C[C@@H](C)[C@@H](C(=O)NC)[C@@H]3C(=O)N2[C@@H](CO)Cc2ccccc2)cc1. The van der Waals surface area contributed by atoms with Gasteiger partial charge >= 0.3 is 0 Å². The average Bonchev–Trinajstić information content (AvgIpc) is 3.25. The average molecular weight is 533 g/mol. The van der Waals surface area contributed by atoms with Crippen LogP contribution < -0.4 is 15.5 Å². The van der Waals surface area contributed by atoms with E-state index in [2.05, 4.69) is 29.4 Å². The normalized spacial score (nSPS) is 24.7. The van der Waals surface area contributed by atoms with Gasteiger partial charge in [-0.3, -0.25) is 14.4 Å². The fourth-order valence-corrected chi connectivity index (χ4v) is 6.20. The largest absolute Gasteiger partial charge is 0.394 e. The van der Waals surface area contributed by atoms with Crippen molar-refractivity contribution in [1.82, 2.24) is 10.2 Å². The molecule has 4 rings (SSSR count). The predicted molar refractivity (Wildman–Crippen MR) is 153 cm³/mol. The van der Waals surface area contributed by atoms with Crippen LogP contribution in [0.4, 0.5) is 11.4 Å². The molecule has 1 aliphatic carbocycles. The Morgan fingerprint density at radius 2 is 1.67 bits per heavy atom. The van der Waals surface area contributed by atoms with Crippen LogP contribution in [0.5, 0.6) is 0 Å². The Kier molecular flexibility index (Phi) is 9.07. The van der Waals surface area contributed by atoms with Gasteiger partial charge in [0, 0.05) is 37.4 Å². The van der Waals surface area contributed by atoms with Crippen molar-refractivity contribution in [1.29, 1.82) is 0 Å². The topological polar surface area (TPSA) is 102 Å². The van der Waals surface area contributed by atoms with Crippen LogP contribution in [-0.4, -0.2) is 66.6 Å². The Labute approximate surface area is 231 Å². The number of nitrogens with one attached hydrogen (secondary N) is 2. The van der Waals surface area contributed by atoms with E-state index in [0.717, 1.165) is 24.3 Å². The number of aliphatic hydroxyl groups is 1. The maximum absolute atomic E-state index is 14.1. The van der Waals surface area contributed by atoms with Crippen LogP contribution in [0, 0.1) is 23.7 Å². The molecule has 0 aromatic heterocycles. The van der Waals surface area contributed by atoms with Crippen molar-refractivity contribution in [3.05, 3.63) is 72.3 Å². The van der Waals surface area contributed by atoms with E-state index in [9.17, 15) is 19.5 Å². The maximum atomic E-state index is 14.1. The van der Waals surface area contributed by atoms with Crippen LogP contribution in [0.3, 0.4) is 0 Å². The molecule has 0 spiro atoms. The monoisotopic (exact) mass is 532 g/mol. The first-order valence-corrected chi connectivity index (χ1v) is 13.9. The zero-order chi connectivity index (χ0) is 28.1. The molecule has 0 radical (unpaired) electrons. The summed E-state index contributed by atoms with van der Waals surface area (Å²) in [6, 6.07) is 15.8. The van der Waals surface area contributed by atoms with E-state index >= 15 is 0 Å². The summed E-state index contributed by atoms with van der Waals surface area (Å²) in [5.74, 6) is -2.74. The first-order chi connectivity index (χ1) is 18.8. The summed E-state index contributed by atoms with van der Waals surface area (Å²) >= 11 is 0. The zero-order valence-corrected chi connectivity index (χ0v) is 23.2. The second-order valence-electron chi connectivity index (χ2n) is 10.4. The summed E-state index contributed by atoms with van der Waals surface area (Å²) in [4.78, 5) is 44.7. The van der Waals surface area contributed by atoms with Crippen LogP contribution in [0.25, 0.3) is 0 Å². The molecule has 6 atom stereocenters. The summed E-state index contributed by atoms with van der Waals surface area (Å²) in [5, 5.41) is 16.2. The molecule has 3 amide bonds. The lowest BCUT2D eigenvalue weighted by Gasteiger charge is -2.33. The van der Waals surface area contributed by atoms with Gasteiger partial charge in [-0.15, -0.1) is 0 Å². The van der Waals surface area contributed by atoms with Crippen molar-refractivity contribution < 1.29 is 19.5 Å². The molecule has 208 valence electrons. The predicted octanol–water partition coefficient (Wildman–Crippen LogP) is 3.09. The molecule has 2 aromatic carbocycles. The number of benzene rings is 2. The summed E-state index contributed by atoms with van der Waals surface area (Å²) in [6.45, 7) is 7.57. The summed E-state index contributed by atoms with van der Waals surface area (Å²) in [6.07, 6.45) is 4.24. The molecule has 39 heavy (non-hydrogen) atoms. The maximum Gasteiger partial charge on any atom is 0.247 e. The lowest BCUT2D eigenvalue weighted by Crippen LogP contribution is -2.51. The van der Waals surface area contributed by atoms with E-state index in [1.165, 1.54) is 0 Å². The molecular formula is C31H40N4O4. The number of rotatable bonds is 10. The Hall–Kier alpha value is -3.65. The standard InChI is InChI=1S/C31H40N4O4/c1-5-34(6-2)23-15-13-22(14-16-23)33-30(38)28-25-17-12-20(3)26(29(37)32-4)27(25)31(39)35(28)24(19-36)18-21-10-8-7-9-11-21/h7-17,20,24-28,36H,5-6,18-19H2,1-4H3,(H,32,37)(H,33,38)/t20-,24-,25+,26-,27-,28+/m1/s1. The number of anilines is 2. The summed E-state index contributed by atoms with van der Waals surface area (Å²) in [5.41, 5.74) is 2.65. The molecule has 1 aliphatic heterocycles. The lowest BCUT2D eigenvalue weighted by molar-refractivity contribution is -0.142. The third kappa shape index (κ3) is 5.71. The van der Waals surface area contributed by atoms with Gasteiger partial charge in [0.2, 0.25) is 17.7 Å². The van der Waals surface area contributed by atoms with Crippen LogP contribution >= 0.6 is 0 Å². The molecule has 0 bridgehead atoms. The van der Waals surface area contributed by atoms with Gasteiger partial charge in [-0.05, 0) is 56.0 Å². The number of allylic oxidation sites excluding steroid dienone is 1. The highest BCUT2D eigenvalue weighted by Crippen LogP contribution is 2.45. The number of carbonyl (C=O) groups excluding carboxylic acids is 3. The van der Waals surface area contributed by atoms with E-state index in [-0.39, 0.29) is 30.2 Å². The smallest absolute Gasteiger partial charge is 0.247 e. The minimum Gasteiger partial charge on any atom is -0.394 e. The van der Waals surface area contributed by atoms with Crippen LogP contribution in [0.15, 0.2) is 66.7 Å². The Balaban J connectivity index is 1.68. The Morgan fingerprint density at radius 3 is 2.26 bits per heavy atom. The van der Waals surface area contributed by atoms with Crippen LogP contribution in [-0.2, 0) is 20.8 Å². The quantitative estimate of drug-likeness (QED) is 0.408. The Morgan fingerprint density at radius 1 is 1.00 bits per heavy atom. The number of nitrogens with zero attached hydrogens (tertiary/aromatic N) is 2. The van der Waals surface area contributed by atoms with Crippen molar-refractivity contribution in [3.63, 3.8) is 0 Å². The van der Waals surface area contributed by atoms with E-state index in [0.29, 0.717) is 12.1 Å². The number of hydrogen-bond donors (Lipinski definition) is 3. The van der Waals surface area contributed by atoms with Crippen molar-refractivity contribution in [2.24, 2.45) is 23.7 Å². The fraction of sp³-hybridized carbons (Fsp3) is 0.452. The van der Waals surface area contributed by atoms with Crippen LogP contribution in [0.1, 0.15) is 26.3 Å². The second-order valence-corrected chi connectivity index (χ2v) is 10.4. The van der Waals surface area contributed by atoms with Gasteiger partial charge in [-0.25, -0.2) is 0 Å². The molecule has 8 nitrogen and oxygen atoms in total. The molecule has 1 heterocycles. The zero-order valence-electron chi connectivity index (χ0n) is 23.2. The molecule has 1 saturated heterocycles. The molecule has 1 fully saturated rings. The summed E-state index contributed by atoms with van der Waals surface area (Å²) < 4.78 is 0. The third-order valence-corrected chi connectivity index (χ3v) is 8.21. The Bertz CT molecular complexity index is 1180. The molecule has 2 aromatic rings. The van der Waals surface area contributed by atoms with Crippen molar-refractivity contribution in [2.45, 2.75) is 39.3 Å². The molecule has 2 aliphatic rings. The van der Waals surface area contributed by atoms with Crippen LogP contribution in [0.2, 0.25) is 0 Å². The van der Waals surface area contributed by atoms with Crippen molar-refractivity contribution >= 4 is 29.1 Å². The molecule has 0 saturated carbocycles. The van der Waals surface area contributed by atoms with E-state index in [4.69, 9.17) is 0 Å². The molecular weight excluding hydrogens is 492 g/mol. The first kappa shape index (κ1) is 28.4. The number of hydrogen-bond acceptors (Lipinski definition) is 5. The number of aliphatic hydroxyl groups excluding tert-OH is 1. The highest BCUT2D eigenvalue weighted by Gasteiger charge is 2.58. The number of carbonyl (C=O) groups is 3. The van der Waals surface area contributed by atoms with Gasteiger partial charge in [0.1, 0.15) is 6.04 Å². The summed E-state index contributed by atoms with van der Waals surface area (Å²) in [7, 11) is 1.57. The highest BCUT2D eigenvalue weighted by molar-refractivity contribution is 6.02. The molecule has 0 unspecified atom stereocenters. The lowest BCUT2D eigenvalue weighted by atomic mass is 9.70. The first-order valence-electron chi connectivity index (χ1n) is 13.9. The van der Waals surface area contributed by atoms with Gasteiger partial charge in [0.05, 0.1) is 24.5 Å². The van der Waals surface area contributed by atoms with Gasteiger partial charge < -0.3 is 25.5 Å². The third-order valence-electron chi connectivity index (χ3n) is 8.21. The second kappa shape index (κ2) is 12.5. The van der Waals surface area contributed by atoms with Gasteiger partial charge in [-0.1, -0.05) is 49.4 Å². The number of likely N-dealkylation sites (tertiary alicyclic amines) is 1. The van der Waals surface area contributed by atoms with E-state index < -0.39 is 29.8 Å². The van der Waals surface area contributed by atoms with Gasteiger partial charge in [0.25, 0.3) is 0 Å². The van der Waals surface area contributed by atoms with Gasteiger partial charge in [-0.2, -0.15) is 0 Å². The molecule has 8 heteroatoms. The van der Waals surface area contributed by atoms with Crippen molar-refractivity contribution in [3.8, 4) is 0 Å². The van der Waals surface area contributed by atoms with Gasteiger partial charge in [0.15, 0.2) is 0 Å². The van der Waals surface area contributed by atoms with Crippen molar-refractivity contribution in [2.75, 3.05) is 37.0 Å². The number of amides is 3. The minimum atomic E-state index is -0.860. The highest BCUT2D eigenvalue weighted by atomic mass is 16.3. The molecule has 3 N–H and O–H groups in total. The van der Waals surface area contributed by atoms with E-state index in [1.807, 2.05) is 73.7 Å². The fourth-order valence-electron chi connectivity index (χ4n) is 6.20. The number of fused-ring (bicyclic) bond motifs is 1. The van der Waals surface area contributed by atoms with E-state index in [1.54, 1.807) is 11.9 Å². The minimum absolute atomic E-state index is 0.159.